The second kappa shape index (κ2) is 10.8. The molecule has 1 saturated heterocycles. The average molecular weight is 312 g/mol. The molecule has 128 valence electrons. The van der Waals surface area contributed by atoms with E-state index in [2.05, 4.69) is 13.8 Å². The monoisotopic (exact) mass is 312 g/mol. The maximum absolute atomic E-state index is 11.3. The Labute approximate surface area is 135 Å². The van der Waals surface area contributed by atoms with Crippen LogP contribution in [-0.2, 0) is 19.0 Å². The highest BCUT2D eigenvalue weighted by Crippen LogP contribution is 2.25. The molecule has 1 aliphatic rings. The van der Waals surface area contributed by atoms with E-state index in [-0.39, 0.29) is 17.7 Å². The van der Waals surface area contributed by atoms with Crippen LogP contribution in [-0.4, -0.2) is 32.1 Å². The first-order chi connectivity index (χ1) is 10.5. The number of allylic oxidation sites excluding steroid dienone is 1. The minimum atomic E-state index is -0.253. The zero-order chi connectivity index (χ0) is 16.3. The number of hydrogen-bond donors (Lipinski definition) is 0. The van der Waals surface area contributed by atoms with Gasteiger partial charge in [-0.3, -0.25) is 0 Å². The number of carbonyl (C=O) groups is 1. The van der Waals surface area contributed by atoms with E-state index in [1.807, 2.05) is 13.0 Å². The van der Waals surface area contributed by atoms with Gasteiger partial charge in [-0.1, -0.05) is 32.8 Å². The van der Waals surface area contributed by atoms with Gasteiger partial charge >= 0.3 is 5.97 Å². The van der Waals surface area contributed by atoms with Crippen molar-refractivity contribution in [2.75, 3.05) is 19.8 Å². The molecular weight excluding hydrogens is 280 g/mol. The van der Waals surface area contributed by atoms with Crippen molar-refractivity contribution in [3.63, 3.8) is 0 Å². The van der Waals surface area contributed by atoms with Gasteiger partial charge in [0, 0.05) is 19.3 Å². The van der Waals surface area contributed by atoms with Crippen LogP contribution in [0.5, 0.6) is 0 Å². The number of rotatable bonds is 10. The summed E-state index contributed by atoms with van der Waals surface area (Å²) < 4.78 is 16.2. The van der Waals surface area contributed by atoms with Crippen molar-refractivity contribution in [3.05, 3.63) is 12.2 Å². The Bertz CT molecular complexity index is 330. The fraction of sp³-hybridized carbons (Fsp3) is 0.833. The summed E-state index contributed by atoms with van der Waals surface area (Å²) in [5.41, 5.74) is 0.0279. The van der Waals surface area contributed by atoms with E-state index in [1.54, 1.807) is 6.08 Å². The minimum Gasteiger partial charge on any atom is -0.463 e. The molecule has 0 aromatic carbocycles. The Balaban J connectivity index is 2.05. The third-order valence-electron chi connectivity index (χ3n) is 3.86. The van der Waals surface area contributed by atoms with Gasteiger partial charge in [0.05, 0.1) is 6.61 Å². The molecule has 0 amide bonds. The van der Waals surface area contributed by atoms with Crippen LogP contribution in [0.4, 0.5) is 0 Å². The maximum atomic E-state index is 11.3. The van der Waals surface area contributed by atoms with Gasteiger partial charge in [-0.2, -0.15) is 0 Å². The van der Waals surface area contributed by atoms with Crippen molar-refractivity contribution in [2.45, 2.75) is 72.0 Å². The van der Waals surface area contributed by atoms with Gasteiger partial charge < -0.3 is 14.2 Å². The summed E-state index contributed by atoms with van der Waals surface area (Å²) in [6.07, 6.45) is 11.3. The third-order valence-corrected chi connectivity index (χ3v) is 3.86. The van der Waals surface area contributed by atoms with Gasteiger partial charge in [0.2, 0.25) is 0 Å². The predicted molar refractivity (Wildman–Crippen MR) is 87.6 cm³/mol. The largest absolute Gasteiger partial charge is 0.463 e. The number of esters is 1. The van der Waals surface area contributed by atoms with Gasteiger partial charge in [0.25, 0.3) is 0 Å². The Kier molecular flexibility index (Phi) is 9.41. The molecule has 0 bridgehead atoms. The van der Waals surface area contributed by atoms with Gasteiger partial charge in [0.1, 0.15) is 0 Å². The summed E-state index contributed by atoms with van der Waals surface area (Å²) in [4.78, 5) is 11.3. The first-order valence-electron chi connectivity index (χ1n) is 8.63. The summed E-state index contributed by atoms with van der Waals surface area (Å²) in [7, 11) is 0. The molecule has 0 aromatic rings. The molecule has 0 radical (unpaired) electrons. The Morgan fingerprint density at radius 2 is 2.09 bits per heavy atom. The lowest BCUT2D eigenvalue weighted by Crippen LogP contribution is -2.22. The molecule has 0 N–H and O–H groups in total. The number of unbranched alkanes of at least 4 members (excludes halogenated alkanes) is 2. The zero-order valence-corrected chi connectivity index (χ0v) is 14.4. The van der Waals surface area contributed by atoms with Crippen molar-refractivity contribution >= 4 is 5.97 Å². The van der Waals surface area contributed by atoms with Crippen molar-refractivity contribution in [1.29, 1.82) is 0 Å². The van der Waals surface area contributed by atoms with Crippen LogP contribution in [0, 0.1) is 5.41 Å². The number of hydrogen-bond acceptors (Lipinski definition) is 4. The Hall–Kier alpha value is -0.870. The first-order valence-corrected chi connectivity index (χ1v) is 8.63. The van der Waals surface area contributed by atoms with E-state index in [0.717, 1.165) is 51.7 Å². The second-order valence-electron chi connectivity index (χ2n) is 6.55. The lowest BCUT2D eigenvalue weighted by atomic mass is 9.86. The standard InChI is InChI=1S/C18H32O4/c1-4-20-16(19)11-13-18(2,3)12-7-5-8-14-21-17-10-6-9-15-22-17/h11,13,17H,4-10,12,14-15H2,1-3H3. The van der Waals surface area contributed by atoms with Crippen molar-refractivity contribution in [3.8, 4) is 0 Å². The normalized spacial score (nSPS) is 19.5. The van der Waals surface area contributed by atoms with E-state index in [4.69, 9.17) is 14.2 Å². The van der Waals surface area contributed by atoms with Crippen LogP contribution in [0.15, 0.2) is 12.2 Å². The van der Waals surface area contributed by atoms with E-state index >= 15 is 0 Å². The summed E-state index contributed by atoms with van der Waals surface area (Å²) in [6, 6.07) is 0. The second-order valence-corrected chi connectivity index (χ2v) is 6.55. The molecule has 0 aliphatic carbocycles. The van der Waals surface area contributed by atoms with E-state index in [0.29, 0.717) is 6.61 Å². The SMILES string of the molecule is CCOC(=O)C=CC(C)(C)CCCCCOC1CCCCO1. The highest BCUT2D eigenvalue weighted by atomic mass is 16.7. The highest BCUT2D eigenvalue weighted by Gasteiger charge is 2.15. The predicted octanol–water partition coefficient (Wildman–Crippen LogP) is 4.24. The quantitative estimate of drug-likeness (QED) is 0.344. The zero-order valence-electron chi connectivity index (χ0n) is 14.4. The molecule has 1 aliphatic heterocycles. The highest BCUT2D eigenvalue weighted by molar-refractivity contribution is 5.81. The average Bonchev–Trinajstić information content (AvgIpc) is 2.50. The summed E-state index contributed by atoms with van der Waals surface area (Å²) >= 11 is 0. The molecule has 22 heavy (non-hydrogen) atoms. The smallest absolute Gasteiger partial charge is 0.330 e. The van der Waals surface area contributed by atoms with Gasteiger partial charge in [-0.15, -0.1) is 0 Å². The van der Waals surface area contributed by atoms with Gasteiger partial charge in [0.15, 0.2) is 6.29 Å². The molecule has 1 heterocycles. The molecule has 4 heteroatoms. The Morgan fingerprint density at radius 3 is 2.77 bits per heavy atom. The number of ether oxygens (including phenoxy) is 3. The lowest BCUT2D eigenvalue weighted by Gasteiger charge is -2.23. The number of carbonyl (C=O) groups excluding carboxylic acids is 1. The van der Waals surface area contributed by atoms with E-state index in [9.17, 15) is 4.79 Å². The first kappa shape index (κ1) is 19.2. The molecule has 4 nitrogen and oxygen atoms in total. The molecule has 1 unspecified atom stereocenters. The summed E-state index contributed by atoms with van der Waals surface area (Å²) in [5, 5.41) is 0. The molecule has 1 fully saturated rings. The fourth-order valence-corrected chi connectivity index (χ4v) is 2.48. The lowest BCUT2D eigenvalue weighted by molar-refractivity contribution is -0.162. The molecule has 0 spiro atoms. The minimum absolute atomic E-state index is 0.0257. The van der Waals surface area contributed by atoms with Crippen LogP contribution < -0.4 is 0 Å². The van der Waals surface area contributed by atoms with Crippen LogP contribution in [0.2, 0.25) is 0 Å². The van der Waals surface area contributed by atoms with E-state index < -0.39 is 0 Å². The molecule has 0 aromatic heterocycles. The summed E-state index contributed by atoms with van der Waals surface area (Å²) in [5.74, 6) is -0.253. The van der Waals surface area contributed by atoms with Gasteiger partial charge in [-0.05, 0) is 44.4 Å². The maximum Gasteiger partial charge on any atom is 0.330 e. The Morgan fingerprint density at radius 1 is 1.27 bits per heavy atom. The van der Waals surface area contributed by atoms with Crippen molar-refractivity contribution < 1.29 is 19.0 Å². The van der Waals surface area contributed by atoms with Crippen molar-refractivity contribution in [2.24, 2.45) is 5.41 Å². The molecule has 0 saturated carbocycles. The molecule has 1 atom stereocenters. The van der Waals surface area contributed by atoms with Crippen LogP contribution in [0.1, 0.15) is 65.7 Å². The third kappa shape index (κ3) is 9.21. The summed E-state index contributed by atoms with van der Waals surface area (Å²) in [6.45, 7) is 8.16. The molecule has 1 rings (SSSR count). The van der Waals surface area contributed by atoms with Gasteiger partial charge in [-0.25, -0.2) is 4.79 Å². The molecular formula is C18H32O4. The van der Waals surface area contributed by atoms with Crippen LogP contribution in [0.3, 0.4) is 0 Å². The van der Waals surface area contributed by atoms with Crippen molar-refractivity contribution in [1.82, 2.24) is 0 Å². The fourth-order valence-electron chi connectivity index (χ4n) is 2.48. The van der Waals surface area contributed by atoms with E-state index in [1.165, 1.54) is 6.42 Å². The topological polar surface area (TPSA) is 44.8 Å². The van der Waals surface area contributed by atoms with Crippen LogP contribution >= 0.6 is 0 Å². The van der Waals surface area contributed by atoms with Crippen LogP contribution in [0.25, 0.3) is 0 Å².